The second-order valence-electron chi connectivity index (χ2n) is 9.38. The first-order chi connectivity index (χ1) is 17.9. The van der Waals surface area contributed by atoms with E-state index in [1.807, 2.05) is 48.5 Å². The van der Waals surface area contributed by atoms with Crippen LogP contribution >= 0.6 is 0 Å². The lowest BCUT2D eigenvalue weighted by atomic mass is 9.86. The number of H-pyrrole nitrogens is 1. The number of methoxy groups -OCH3 is 1. The summed E-state index contributed by atoms with van der Waals surface area (Å²) in [5.74, 6) is 0.449. The lowest BCUT2D eigenvalue weighted by molar-refractivity contribution is -0.384. The number of benzene rings is 3. The number of nitro benzene ring substituents is 1. The molecule has 1 N–H and O–H groups in total. The van der Waals surface area contributed by atoms with Gasteiger partial charge in [-0.3, -0.25) is 19.7 Å². The Morgan fingerprint density at radius 1 is 1.03 bits per heavy atom. The van der Waals surface area contributed by atoms with Crippen molar-refractivity contribution >= 4 is 28.4 Å². The number of piperazine rings is 1. The SMILES string of the molecule is COc1ccc(CN2CC(=O)N3[C@H](c4ccc([N+](=O)[O-])cc4)c4[nH]c5ccccc5c4C[C@H]3C2=O)cc1. The minimum Gasteiger partial charge on any atom is -0.497 e. The maximum Gasteiger partial charge on any atom is 0.269 e. The van der Waals surface area contributed by atoms with Crippen LogP contribution in [0.5, 0.6) is 5.75 Å². The fourth-order valence-electron chi connectivity index (χ4n) is 5.53. The number of para-hydroxylation sites is 1. The van der Waals surface area contributed by atoms with Gasteiger partial charge >= 0.3 is 0 Å². The number of nitro groups is 1. The first-order valence-electron chi connectivity index (χ1n) is 12.0. The van der Waals surface area contributed by atoms with Gasteiger partial charge in [0.2, 0.25) is 11.8 Å². The van der Waals surface area contributed by atoms with Gasteiger partial charge in [0.05, 0.1) is 18.1 Å². The number of nitrogens with one attached hydrogen (secondary N) is 1. The van der Waals surface area contributed by atoms with Crippen LogP contribution in [0.25, 0.3) is 10.9 Å². The van der Waals surface area contributed by atoms with Crippen molar-refractivity contribution in [2.75, 3.05) is 13.7 Å². The van der Waals surface area contributed by atoms with E-state index in [2.05, 4.69) is 4.98 Å². The second kappa shape index (κ2) is 8.77. The van der Waals surface area contributed by atoms with Crippen LogP contribution in [0.15, 0.2) is 72.8 Å². The molecule has 0 unspecified atom stereocenters. The van der Waals surface area contributed by atoms with Gasteiger partial charge in [-0.25, -0.2) is 0 Å². The minimum absolute atomic E-state index is 0.0281. The summed E-state index contributed by atoms with van der Waals surface area (Å²) in [7, 11) is 1.60. The Bertz CT molecular complexity index is 1530. The third-order valence-corrected chi connectivity index (χ3v) is 7.29. The van der Waals surface area contributed by atoms with E-state index in [9.17, 15) is 19.7 Å². The quantitative estimate of drug-likeness (QED) is 0.332. The van der Waals surface area contributed by atoms with Crippen LogP contribution in [0.1, 0.15) is 28.4 Å². The zero-order valence-corrected chi connectivity index (χ0v) is 20.1. The number of amides is 2. The Kier molecular flexibility index (Phi) is 5.40. The molecule has 2 aliphatic heterocycles. The topological polar surface area (TPSA) is 109 Å². The third kappa shape index (κ3) is 3.79. The second-order valence-corrected chi connectivity index (χ2v) is 9.38. The van der Waals surface area contributed by atoms with Crippen molar-refractivity contribution in [1.29, 1.82) is 0 Å². The van der Waals surface area contributed by atoms with Crippen molar-refractivity contribution in [3.63, 3.8) is 0 Å². The molecule has 0 spiro atoms. The normalized spacial score (nSPS) is 19.1. The third-order valence-electron chi connectivity index (χ3n) is 7.29. The molecule has 9 heteroatoms. The molecule has 0 aliphatic carbocycles. The monoisotopic (exact) mass is 496 g/mol. The summed E-state index contributed by atoms with van der Waals surface area (Å²) in [5, 5.41) is 12.2. The van der Waals surface area contributed by atoms with Crippen LogP contribution in [0.3, 0.4) is 0 Å². The van der Waals surface area contributed by atoms with E-state index in [1.165, 1.54) is 12.1 Å². The Morgan fingerprint density at radius 2 is 1.76 bits per heavy atom. The summed E-state index contributed by atoms with van der Waals surface area (Å²) in [5.41, 5.74) is 4.36. The highest BCUT2D eigenvalue weighted by Crippen LogP contribution is 2.43. The summed E-state index contributed by atoms with van der Waals surface area (Å²) in [6.45, 7) is 0.280. The number of rotatable bonds is 5. The van der Waals surface area contributed by atoms with Gasteiger partial charge in [-0.15, -0.1) is 0 Å². The molecule has 1 fully saturated rings. The van der Waals surface area contributed by atoms with Gasteiger partial charge in [-0.1, -0.05) is 30.3 Å². The van der Waals surface area contributed by atoms with Gasteiger partial charge in [0.25, 0.3) is 5.69 Å². The fraction of sp³-hybridized carbons (Fsp3) is 0.214. The Balaban J connectivity index is 1.41. The Labute approximate surface area is 212 Å². The molecule has 2 aliphatic rings. The van der Waals surface area contributed by atoms with Crippen LogP contribution in [-0.2, 0) is 22.6 Å². The number of non-ortho nitro benzene ring substituents is 1. The molecule has 6 rings (SSSR count). The average molecular weight is 497 g/mol. The standard InChI is InChI=1S/C28H24N4O5/c1-37-20-12-6-17(7-13-20)15-30-16-25(33)31-24(28(30)34)14-22-21-4-2-3-5-23(21)29-26(22)27(31)18-8-10-19(11-9-18)32(35)36/h2-13,24,27,29H,14-16H2,1H3/t24-,27+/m0/s1. The van der Waals surface area contributed by atoms with E-state index in [0.29, 0.717) is 18.5 Å². The number of hydrogen-bond donors (Lipinski definition) is 1. The van der Waals surface area contributed by atoms with Crippen LogP contribution < -0.4 is 4.74 Å². The Morgan fingerprint density at radius 3 is 2.46 bits per heavy atom. The number of carbonyl (C=O) groups excluding carboxylic acids is 2. The van der Waals surface area contributed by atoms with Crippen LogP contribution in [-0.4, -0.2) is 51.2 Å². The molecule has 0 bridgehead atoms. The number of aromatic amines is 1. The zero-order chi connectivity index (χ0) is 25.7. The molecule has 2 atom stereocenters. The molecule has 3 aromatic carbocycles. The molecule has 3 heterocycles. The predicted octanol–water partition coefficient (Wildman–Crippen LogP) is 3.97. The number of hydrogen-bond acceptors (Lipinski definition) is 5. The lowest BCUT2D eigenvalue weighted by Crippen LogP contribution is -2.62. The number of ether oxygens (including phenoxy) is 1. The number of carbonyl (C=O) groups is 2. The predicted molar refractivity (Wildman–Crippen MR) is 136 cm³/mol. The highest BCUT2D eigenvalue weighted by atomic mass is 16.6. The molecule has 1 aromatic heterocycles. The van der Waals surface area contributed by atoms with E-state index in [1.54, 1.807) is 29.0 Å². The molecule has 37 heavy (non-hydrogen) atoms. The van der Waals surface area contributed by atoms with Crippen molar-refractivity contribution in [3.8, 4) is 5.75 Å². The number of aromatic nitrogens is 1. The molecular formula is C28H24N4O5. The van der Waals surface area contributed by atoms with E-state index < -0.39 is 17.0 Å². The van der Waals surface area contributed by atoms with Gasteiger partial charge in [0.15, 0.2) is 0 Å². The Hall–Kier alpha value is -4.66. The average Bonchev–Trinajstić information content (AvgIpc) is 3.29. The van der Waals surface area contributed by atoms with Gasteiger partial charge < -0.3 is 19.5 Å². The van der Waals surface area contributed by atoms with E-state index in [4.69, 9.17) is 4.74 Å². The van der Waals surface area contributed by atoms with Crippen LogP contribution in [0.2, 0.25) is 0 Å². The first kappa shape index (κ1) is 22.8. The molecule has 1 saturated heterocycles. The van der Waals surface area contributed by atoms with Crippen molar-refractivity contribution in [1.82, 2.24) is 14.8 Å². The maximum absolute atomic E-state index is 13.8. The fourth-order valence-corrected chi connectivity index (χ4v) is 5.53. The highest BCUT2D eigenvalue weighted by Gasteiger charge is 2.48. The summed E-state index contributed by atoms with van der Waals surface area (Å²) in [6, 6.07) is 20.3. The van der Waals surface area contributed by atoms with Crippen molar-refractivity contribution in [3.05, 3.63) is 105 Å². The minimum atomic E-state index is -0.675. The number of fused-ring (bicyclic) bond motifs is 4. The lowest BCUT2D eigenvalue weighted by Gasteiger charge is -2.47. The molecule has 2 amide bonds. The molecule has 186 valence electrons. The largest absolute Gasteiger partial charge is 0.497 e. The van der Waals surface area contributed by atoms with Crippen molar-refractivity contribution < 1.29 is 19.2 Å². The molecule has 4 aromatic rings. The molecular weight excluding hydrogens is 472 g/mol. The van der Waals surface area contributed by atoms with Crippen LogP contribution in [0.4, 0.5) is 5.69 Å². The van der Waals surface area contributed by atoms with Crippen LogP contribution in [0, 0.1) is 10.1 Å². The van der Waals surface area contributed by atoms with E-state index in [-0.39, 0.29) is 24.0 Å². The van der Waals surface area contributed by atoms with Gasteiger partial charge in [0.1, 0.15) is 18.3 Å². The summed E-state index contributed by atoms with van der Waals surface area (Å²) >= 11 is 0. The highest BCUT2D eigenvalue weighted by molar-refractivity contribution is 5.97. The smallest absolute Gasteiger partial charge is 0.269 e. The van der Waals surface area contributed by atoms with Crippen molar-refractivity contribution in [2.24, 2.45) is 0 Å². The maximum atomic E-state index is 13.8. The van der Waals surface area contributed by atoms with E-state index >= 15 is 0 Å². The number of nitrogens with zero attached hydrogens (tertiary/aromatic N) is 3. The summed E-state index contributed by atoms with van der Waals surface area (Å²) in [4.78, 5) is 45.0. The zero-order valence-electron chi connectivity index (χ0n) is 20.1. The molecule has 0 saturated carbocycles. The molecule has 9 nitrogen and oxygen atoms in total. The van der Waals surface area contributed by atoms with Gasteiger partial charge in [-0.05, 0) is 47.0 Å². The van der Waals surface area contributed by atoms with E-state index in [0.717, 1.165) is 33.5 Å². The van der Waals surface area contributed by atoms with Crippen molar-refractivity contribution in [2.45, 2.75) is 25.0 Å². The summed E-state index contributed by atoms with van der Waals surface area (Å²) in [6.07, 6.45) is 0.395. The van der Waals surface area contributed by atoms with Gasteiger partial charge in [0, 0.05) is 41.7 Å². The molecule has 0 radical (unpaired) electrons. The summed E-state index contributed by atoms with van der Waals surface area (Å²) < 4.78 is 5.22. The van der Waals surface area contributed by atoms with Gasteiger partial charge in [-0.2, -0.15) is 0 Å². The first-order valence-corrected chi connectivity index (χ1v) is 12.0.